The van der Waals surface area contributed by atoms with E-state index in [4.69, 9.17) is 9.16 Å². The minimum absolute atomic E-state index is 0.0229. The molecule has 0 unspecified atom stereocenters. The molecule has 146 valence electrons. The van der Waals surface area contributed by atoms with Crippen molar-refractivity contribution in [1.29, 1.82) is 0 Å². The van der Waals surface area contributed by atoms with Crippen LogP contribution in [0.3, 0.4) is 0 Å². The molecule has 0 heterocycles. The fraction of sp³-hybridized carbons (Fsp3) is 0.591. The van der Waals surface area contributed by atoms with E-state index in [1.54, 1.807) is 6.08 Å². The van der Waals surface area contributed by atoms with Crippen LogP contribution < -0.4 is 0 Å². The van der Waals surface area contributed by atoms with Crippen LogP contribution in [0.1, 0.15) is 52.5 Å². The molecule has 3 nitrogen and oxygen atoms in total. The van der Waals surface area contributed by atoms with Crippen LogP contribution >= 0.6 is 0 Å². The quantitative estimate of drug-likeness (QED) is 0.356. The lowest BCUT2D eigenvalue weighted by Crippen LogP contribution is -2.45. The highest BCUT2D eigenvalue weighted by Crippen LogP contribution is 2.37. The van der Waals surface area contributed by atoms with E-state index in [0.717, 1.165) is 12.0 Å². The van der Waals surface area contributed by atoms with E-state index in [-0.39, 0.29) is 16.9 Å². The molecule has 0 aliphatic heterocycles. The van der Waals surface area contributed by atoms with Crippen molar-refractivity contribution in [3.63, 3.8) is 0 Å². The topological polar surface area (TPSA) is 35.5 Å². The molecule has 0 radical (unpaired) electrons. The summed E-state index contributed by atoms with van der Waals surface area (Å²) < 4.78 is 12.5. The molecule has 0 fully saturated rings. The fourth-order valence-corrected chi connectivity index (χ4v) is 3.66. The lowest BCUT2D eigenvalue weighted by Gasteiger charge is -2.39. The number of carbonyl (C=O) groups excluding carboxylic acids is 1. The van der Waals surface area contributed by atoms with Gasteiger partial charge in [-0.2, -0.15) is 0 Å². The third kappa shape index (κ3) is 8.43. The molecule has 0 saturated heterocycles. The number of ether oxygens (including phenoxy) is 1. The van der Waals surface area contributed by atoms with E-state index in [9.17, 15) is 4.79 Å². The molecule has 1 aromatic rings. The first kappa shape index (κ1) is 22.8. The standard InChI is InChI=1S/C22H36O3Si/c1-7-12-20(23)15-11-16-21(25-26(5,6)22(2,3)4)18-24-17-19-13-9-8-10-14-19/h8-11,13-15,21H,7,12,16-18H2,1-6H3/b15-11+/t21-/m0/s1. The molecule has 1 atom stereocenters. The Morgan fingerprint density at radius 1 is 1.19 bits per heavy atom. The van der Waals surface area contributed by atoms with E-state index in [1.807, 2.05) is 31.2 Å². The minimum atomic E-state index is -1.89. The summed E-state index contributed by atoms with van der Waals surface area (Å²) in [6.45, 7) is 14.4. The van der Waals surface area contributed by atoms with Crippen molar-refractivity contribution < 1.29 is 14.0 Å². The molecule has 26 heavy (non-hydrogen) atoms. The summed E-state index contributed by atoms with van der Waals surface area (Å²) in [6, 6.07) is 10.2. The zero-order valence-electron chi connectivity index (χ0n) is 17.4. The van der Waals surface area contributed by atoms with Crippen molar-refractivity contribution >= 4 is 14.1 Å². The van der Waals surface area contributed by atoms with Crippen molar-refractivity contribution in [3.05, 3.63) is 48.0 Å². The molecule has 1 rings (SSSR count). The molecular formula is C22H36O3Si. The number of hydrogen-bond donors (Lipinski definition) is 0. The Morgan fingerprint density at radius 3 is 2.42 bits per heavy atom. The summed E-state index contributed by atoms with van der Waals surface area (Å²) in [6.07, 6.45) is 5.81. The SMILES string of the molecule is CCCC(=O)/C=C/C[C@@H](COCc1ccccc1)O[Si](C)(C)C(C)(C)C. The highest BCUT2D eigenvalue weighted by Gasteiger charge is 2.39. The van der Waals surface area contributed by atoms with Crippen LogP contribution in [0, 0.1) is 0 Å². The predicted molar refractivity (Wildman–Crippen MR) is 112 cm³/mol. The van der Waals surface area contributed by atoms with E-state index in [1.165, 1.54) is 0 Å². The van der Waals surface area contributed by atoms with Crippen LogP contribution in [-0.4, -0.2) is 26.8 Å². The predicted octanol–water partition coefficient (Wildman–Crippen LogP) is 5.91. The van der Waals surface area contributed by atoms with Crippen molar-refractivity contribution in [3.8, 4) is 0 Å². The van der Waals surface area contributed by atoms with Gasteiger partial charge in [-0.1, -0.05) is 64.1 Å². The molecule has 0 N–H and O–H groups in total. The van der Waals surface area contributed by atoms with Crippen LogP contribution in [0.25, 0.3) is 0 Å². The second-order valence-corrected chi connectivity index (χ2v) is 13.1. The Labute approximate surface area is 160 Å². The third-order valence-corrected chi connectivity index (χ3v) is 9.42. The second kappa shape index (κ2) is 10.8. The normalized spacial score (nSPS) is 13.9. The lowest BCUT2D eigenvalue weighted by atomic mass is 10.2. The van der Waals surface area contributed by atoms with E-state index < -0.39 is 8.32 Å². The molecule has 0 aromatic heterocycles. The Balaban J connectivity index is 2.66. The van der Waals surface area contributed by atoms with Gasteiger partial charge in [0.2, 0.25) is 0 Å². The van der Waals surface area contributed by atoms with Crippen molar-refractivity contribution in [1.82, 2.24) is 0 Å². The van der Waals surface area contributed by atoms with Crippen molar-refractivity contribution in [2.75, 3.05) is 6.61 Å². The number of allylic oxidation sites excluding steroid dienone is 1. The zero-order chi connectivity index (χ0) is 19.6. The average molecular weight is 377 g/mol. The smallest absolute Gasteiger partial charge is 0.192 e. The number of benzene rings is 1. The Hall–Kier alpha value is -1.23. The Morgan fingerprint density at radius 2 is 1.85 bits per heavy atom. The van der Waals surface area contributed by atoms with E-state index in [0.29, 0.717) is 26.1 Å². The molecule has 0 bridgehead atoms. The van der Waals surface area contributed by atoms with Crippen molar-refractivity contribution in [2.24, 2.45) is 0 Å². The maximum atomic E-state index is 11.7. The molecule has 1 aromatic carbocycles. The summed E-state index contributed by atoms with van der Waals surface area (Å²) in [5.74, 6) is 0.184. The van der Waals surface area contributed by atoms with Crippen molar-refractivity contribution in [2.45, 2.75) is 77.8 Å². The molecule has 0 aliphatic rings. The van der Waals surface area contributed by atoms with Gasteiger partial charge in [0, 0.05) is 6.42 Å². The van der Waals surface area contributed by atoms with Gasteiger partial charge in [-0.15, -0.1) is 0 Å². The van der Waals surface area contributed by atoms with E-state index in [2.05, 4.69) is 46.0 Å². The second-order valence-electron chi connectivity index (χ2n) is 8.36. The molecule has 0 aliphatic carbocycles. The van der Waals surface area contributed by atoms with Gasteiger partial charge in [0.25, 0.3) is 0 Å². The summed E-state index contributed by atoms with van der Waals surface area (Å²) in [5, 5.41) is 0.145. The number of hydrogen-bond acceptors (Lipinski definition) is 3. The monoisotopic (exact) mass is 376 g/mol. The van der Waals surface area contributed by atoms with Crippen LogP contribution in [0.15, 0.2) is 42.5 Å². The molecule has 0 amide bonds. The first-order valence-corrected chi connectivity index (χ1v) is 12.6. The van der Waals surface area contributed by atoms with Gasteiger partial charge in [0.1, 0.15) is 0 Å². The first-order chi connectivity index (χ1) is 12.2. The molecular weight excluding hydrogens is 340 g/mol. The molecule has 0 saturated carbocycles. The van der Waals surface area contributed by atoms with Gasteiger partial charge in [-0.05, 0) is 42.6 Å². The van der Waals surface area contributed by atoms with Crippen LogP contribution in [0.4, 0.5) is 0 Å². The van der Waals surface area contributed by atoms with Gasteiger partial charge >= 0.3 is 0 Å². The van der Waals surface area contributed by atoms with Gasteiger partial charge < -0.3 is 9.16 Å². The number of rotatable bonds is 11. The maximum absolute atomic E-state index is 11.7. The van der Waals surface area contributed by atoms with Gasteiger partial charge in [0.15, 0.2) is 14.1 Å². The Kier molecular flexibility index (Phi) is 9.48. The number of ketones is 1. The van der Waals surface area contributed by atoms with Crippen LogP contribution in [-0.2, 0) is 20.6 Å². The average Bonchev–Trinajstić information content (AvgIpc) is 2.54. The summed E-state index contributed by atoms with van der Waals surface area (Å²) in [4.78, 5) is 11.7. The van der Waals surface area contributed by atoms with Gasteiger partial charge in [-0.25, -0.2) is 0 Å². The van der Waals surface area contributed by atoms with Gasteiger partial charge in [0.05, 0.1) is 19.3 Å². The van der Waals surface area contributed by atoms with E-state index >= 15 is 0 Å². The van der Waals surface area contributed by atoms with Gasteiger partial charge in [-0.3, -0.25) is 4.79 Å². The highest BCUT2D eigenvalue weighted by atomic mass is 28.4. The first-order valence-electron chi connectivity index (χ1n) is 9.64. The summed E-state index contributed by atoms with van der Waals surface area (Å²) in [5.41, 5.74) is 1.16. The third-order valence-electron chi connectivity index (χ3n) is 4.88. The van der Waals surface area contributed by atoms with Crippen LogP contribution in [0.2, 0.25) is 18.1 Å². The minimum Gasteiger partial charge on any atom is -0.411 e. The number of carbonyl (C=O) groups is 1. The largest absolute Gasteiger partial charge is 0.411 e. The lowest BCUT2D eigenvalue weighted by molar-refractivity contribution is -0.114. The summed E-state index contributed by atoms with van der Waals surface area (Å²) >= 11 is 0. The zero-order valence-corrected chi connectivity index (χ0v) is 18.4. The summed E-state index contributed by atoms with van der Waals surface area (Å²) in [7, 11) is -1.89. The highest BCUT2D eigenvalue weighted by molar-refractivity contribution is 6.74. The molecule has 0 spiro atoms. The van der Waals surface area contributed by atoms with Crippen LogP contribution in [0.5, 0.6) is 0 Å². The molecule has 4 heteroatoms. The fourth-order valence-electron chi connectivity index (χ4n) is 2.31. The maximum Gasteiger partial charge on any atom is 0.192 e. The Bertz CT molecular complexity index is 559.